The molecule has 0 atom stereocenters. The molecule has 152 valence electrons. The first-order valence-electron chi connectivity index (χ1n) is 10.5. The zero-order valence-corrected chi connectivity index (χ0v) is 17.3. The van der Waals surface area contributed by atoms with Gasteiger partial charge in [-0.1, -0.05) is 19.3 Å². The maximum atomic E-state index is 6.12. The largest absolute Gasteiger partial charge is 0.493 e. The van der Waals surface area contributed by atoms with Crippen molar-refractivity contribution in [1.82, 2.24) is 9.80 Å². The van der Waals surface area contributed by atoms with E-state index < -0.39 is 0 Å². The van der Waals surface area contributed by atoms with Crippen LogP contribution in [0.1, 0.15) is 50.0 Å². The fourth-order valence-corrected chi connectivity index (χ4v) is 4.32. The van der Waals surface area contributed by atoms with E-state index >= 15 is 0 Å². The summed E-state index contributed by atoms with van der Waals surface area (Å²) in [5, 5.41) is 0. The van der Waals surface area contributed by atoms with Gasteiger partial charge in [-0.15, -0.1) is 0 Å². The van der Waals surface area contributed by atoms with Gasteiger partial charge in [-0.25, -0.2) is 0 Å². The second kappa shape index (κ2) is 10.2. The summed E-state index contributed by atoms with van der Waals surface area (Å²) in [6.45, 7) is 6.52. The second-order valence-electron chi connectivity index (χ2n) is 7.93. The summed E-state index contributed by atoms with van der Waals surface area (Å²) in [6, 6.07) is 4.16. The number of nitrogens with zero attached hydrogens (tertiary/aromatic N) is 2. The normalized spacial score (nSPS) is 19.8. The highest BCUT2D eigenvalue weighted by molar-refractivity contribution is 5.53. The van der Waals surface area contributed by atoms with Crippen molar-refractivity contribution in [3.63, 3.8) is 0 Å². The average Bonchev–Trinajstić information content (AvgIpc) is 2.72. The Kier molecular flexibility index (Phi) is 7.65. The molecule has 27 heavy (non-hydrogen) atoms. The average molecular weight is 377 g/mol. The van der Waals surface area contributed by atoms with Crippen molar-refractivity contribution in [3.8, 4) is 17.2 Å². The fraction of sp³-hybridized carbons (Fsp3) is 0.727. The van der Waals surface area contributed by atoms with E-state index in [-0.39, 0.29) is 0 Å². The molecule has 1 saturated carbocycles. The molecule has 1 aromatic carbocycles. The highest BCUT2D eigenvalue weighted by atomic mass is 16.5. The van der Waals surface area contributed by atoms with Crippen LogP contribution in [0.5, 0.6) is 17.2 Å². The molecule has 0 spiro atoms. The summed E-state index contributed by atoms with van der Waals surface area (Å²) in [5.41, 5.74) is 1.26. The highest BCUT2D eigenvalue weighted by Gasteiger charge is 2.23. The Balaban J connectivity index is 1.59. The van der Waals surface area contributed by atoms with Crippen LogP contribution in [-0.4, -0.2) is 70.4 Å². The maximum Gasteiger partial charge on any atom is 0.164 e. The smallest absolute Gasteiger partial charge is 0.164 e. The molecule has 1 heterocycles. The zero-order valence-electron chi connectivity index (χ0n) is 17.3. The number of likely N-dealkylation sites (N-methyl/N-ethyl adjacent to an activating group) is 1. The van der Waals surface area contributed by atoms with Gasteiger partial charge in [0.05, 0.1) is 20.8 Å². The number of methoxy groups -OCH3 is 2. The molecule has 0 amide bonds. The van der Waals surface area contributed by atoms with Crippen LogP contribution in [-0.2, 0) is 0 Å². The van der Waals surface area contributed by atoms with Gasteiger partial charge in [-0.3, -0.25) is 0 Å². The van der Waals surface area contributed by atoms with Crippen molar-refractivity contribution in [2.45, 2.75) is 44.4 Å². The van der Waals surface area contributed by atoms with Gasteiger partial charge in [0.2, 0.25) is 0 Å². The maximum absolute atomic E-state index is 6.12. The molecule has 0 bridgehead atoms. The highest BCUT2D eigenvalue weighted by Crippen LogP contribution is 2.44. The Morgan fingerprint density at radius 3 is 2.37 bits per heavy atom. The van der Waals surface area contributed by atoms with Crippen molar-refractivity contribution in [2.24, 2.45) is 0 Å². The lowest BCUT2D eigenvalue weighted by molar-refractivity contribution is 0.145. The van der Waals surface area contributed by atoms with Crippen LogP contribution in [0.3, 0.4) is 0 Å². The fourth-order valence-electron chi connectivity index (χ4n) is 4.32. The molecule has 2 fully saturated rings. The number of hydrogen-bond acceptors (Lipinski definition) is 5. The Labute approximate surface area is 164 Å². The number of benzene rings is 1. The minimum atomic E-state index is 0.552. The molecule has 3 rings (SSSR count). The lowest BCUT2D eigenvalue weighted by Crippen LogP contribution is -2.44. The minimum Gasteiger partial charge on any atom is -0.493 e. The third-order valence-corrected chi connectivity index (χ3v) is 6.01. The van der Waals surface area contributed by atoms with Crippen LogP contribution in [0.15, 0.2) is 12.1 Å². The molecule has 0 aromatic heterocycles. The molecule has 1 aromatic rings. The van der Waals surface area contributed by atoms with Gasteiger partial charge < -0.3 is 24.0 Å². The van der Waals surface area contributed by atoms with Crippen molar-refractivity contribution >= 4 is 0 Å². The summed E-state index contributed by atoms with van der Waals surface area (Å²) >= 11 is 0. The predicted octanol–water partition coefficient (Wildman–Crippen LogP) is 3.77. The van der Waals surface area contributed by atoms with Gasteiger partial charge in [0.1, 0.15) is 5.75 Å². The standard InChI is InChI=1S/C22H36N2O3/c1-23-11-13-24(14-12-23)10-7-15-27-19-16-20(18-8-5-4-6-9-18)22(26-3)21(17-19)25-2/h16-18H,4-15H2,1-3H3. The number of ether oxygens (including phenoxy) is 3. The van der Waals surface area contributed by atoms with E-state index in [2.05, 4.69) is 22.9 Å². The number of piperazine rings is 1. The molecule has 5 nitrogen and oxygen atoms in total. The van der Waals surface area contributed by atoms with Crippen LogP contribution < -0.4 is 14.2 Å². The topological polar surface area (TPSA) is 34.2 Å². The first kappa shape index (κ1) is 20.3. The van der Waals surface area contributed by atoms with Crippen LogP contribution in [0, 0.1) is 0 Å². The molecule has 1 aliphatic heterocycles. The molecule has 0 N–H and O–H groups in total. The molecule has 2 aliphatic rings. The second-order valence-corrected chi connectivity index (χ2v) is 7.93. The molecular weight excluding hydrogens is 340 g/mol. The van der Waals surface area contributed by atoms with Gasteiger partial charge in [0, 0.05) is 44.4 Å². The third-order valence-electron chi connectivity index (χ3n) is 6.01. The summed E-state index contributed by atoms with van der Waals surface area (Å²) < 4.78 is 17.4. The van der Waals surface area contributed by atoms with Crippen molar-refractivity contribution in [2.75, 3.05) is 60.6 Å². The summed E-state index contributed by atoms with van der Waals surface area (Å²) in [7, 11) is 5.64. The quantitative estimate of drug-likeness (QED) is 0.645. The Morgan fingerprint density at radius 1 is 0.963 bits per heavy atom. The van der Waals surface area contributed by atoms with Gasteiger partial charge in [0.15, 0.2) is 11.5 Å². The number of hydrogen-bond donors (Lipinski definition) is 0. The van der Waals surface area contributed by atoms with E-state index in [0.29, 0.717) is 5.92 Å². The van der Waals surface area contributed by atoms with E-state index in [9.17, 15) is 0 Å². The summed E-state index contributed by atoms with van der Waals surface area (Å²) in [4.78, 5) is 4.93. The minimum absolute atomic E-state index is 0.552. The predicted molar refractivity (Wildman–Crippen MR) is 109 cm³/mol. The number of rotatable bonds is 8. The van der Waals surface area contributed by atoms with Gasteiger partial charge in [-0.05, 0) is 38.3 Å². The first-order valence-corrected chi connectivity index (χ1v) is 10.5. The van der Waals surface area contributed by atoms with Crippen molar-refractivity contribution in [3.05, 3.63) is 17.7 Å². The Hall–Kier alpha value is -1.46. The first-order chi connectivity index (χ1) is 13.2. The molecule has 0 radical (unpaired) electrons. The Morgan fingerprint density at radius 2 is 1.70 bits per heavy atom. The van der Waals surface area contributed by atoms with Crippen molar-refractivity contribution < 1.29 is 14.2 Å². The van der Waals surface area contributed by atoms with E-state index in [4.69, 9.17) is 14.2 Å². The van der Waals surface area contributed by atoms with E-state index in [1.807, 2.05) is 6.07 Å². The monoisotopic (exact) mass is 376 g/mol. The summed E-state index contributed by atoms with van der Waals surface area (Å²) in [6.07, 6.45) is 7.45. The van der Waals surface area contributed by atoms with E-state index in [1.54, 1.807) is 14.2 Å². The molecule has 5 heteroatoms. The molecule has 1 saturated heterocycles. The molecule has 1 aliphatic carbocycles. The van der Waals surface area contributed by atoms with Crippen LogP contribution in [0.2, 0.25) is 0 Å². The lowest BCUT2D eigenvalue weighted by Gasteiger charge is -2.32. The van der Waals surface area contributed by atoms with Crippen LogP contribution in [0.4, 0.5) is 0 Å². The SMILES string of the molecule is COc1cc(OCCCN2CCN(C)CC2)cc(C2CCCCC2)c1OC. The zero-order chi connectivity index (χ0) is 19.1. The Bertz CT molecular complexity index is 579. The third kappa shape index (κ3) is 5.52. The van der Waals surface area contributed by atoms with Crippen LogP contribution in [0.25, 0.3) is 0 Å². The summed E-state index contributed by atoms with van der Waals surface area (Å²) in [5.74, 6) is 3.13. The van der Waals surface area contributed by atoms with Crippen LogP contribution >= 0.6 is 0 Å². The van der Waals surface area contributed by atoms with Gasteiger partial charge in [0.25, 0.3) is 0 Å². The molecular formula is C22H36N2O3. The van der Waals surface area contributed by atoms with E-state index in [1.165, 1.54) is 63.8 Å². The van der Waals surface area contributed by atoms with Gasteiger partial charge in [-0.2, -0.15) is 0 Å². The van der Waals surface area contributed by atoms with Crippen molar-refractivity contribution in [1.29, 1.82) is 0 Å². The molecule has 0 unspecified atom stereocenters. The van der Waals surface area contributed by atoms with Gasteiger partial charge >= 0.3 is 0 Å². The lowest BCUT2D eigenvalue weighted by atomic mass is 9.83. The van der Waals surface area contributed by atoms with E-state index in [0.717, 1.165) is 36.8 Å².